The summed E-state index contributed by atoms with van der Waals surface area (Å²) in [6, 6.07) is 4.47. The SMILES string of the molecule is CCCNC(=O)C1CCN(C(=O)c2cc(Br)cc(C(=O)O)c2)CC1. The van der Waals surface area contributed by atoms with E-state index < -0.39 is 5.97 Å². The molecular formula is C17H21BrN2O4. The van der Waals surface area contributed by atoms with E-state index in [4.69, 9.17) is 5.11 Å². The van der Waals surface area contributed by atoms with E-state index in [1.54, 1.807) is 11.0 Å². The topological polar surface area (TPSA) is 86.7 Å². The van der Waals surface area contributed by atoms with Gasteiger partial charge in [-0.25, -0.2) is 4.79 Å². The summed E-state index contributed by atoms with van der Waals surface area (Å²) in [4.78, 5) is 37.4. The number of carboxylic acid groups (broad SMARTS) is 1. The number of hydrogen-bond donors (Lipinski definition) is 2. The molecule has 0 bridgehead atoms. The number of amides is 2. The molecule has 0 spiro atoms. The van der Waals surface area contributed by atoms with Crippen LogP contribution < -0.4 is 5.32 Å². The van der Waals surface area contributed by atoms with E-state index in [2.05, 4.69) is 21.2 Å². The molecule has 0 saturated carbocycles. The molecule has 0 radical (unpaired) electrons. The Hall–Kier alpha value is -1.89. The maximum atomic E-state index is 12.6. The van der Waals surface area contributed by atoms with Crippen LogP contribution in [0.2, 0.25) is 0 Å². The molecule has 0 atom stereocenters. The normalized spacial score (nSPS) is 15.2. The van der Waals surface area contributed by atoms with E-state index in [0.29, 0.717) is 42.5 Å². The van der Waals surface area contributed by atoms with Crippen molar-refractivity contribution in [3.63, 3.8) is 0 Å². The lowest BCUT2D eigenvalue weighted by Gasteiger charge is -2.31. The zero-order valence-corrected chi connectivity index (χ0v) is 15.1. The van der Waals surface area contributed by atoms with Gasteiger partial charge in [0.25, 0.3) is 5.91 Å². The van der Waals surface area contributed by atoms with Gasteiger partial charge < -0.3 is 15.3 Å². The predicted molar refractivity (Wildman–Crippen MR) is 93.0 cm³/mol. The van der Waals surface area contributed by atoms with Crippen LogP contribution in [-0.2, 0) is 4.79 Å². The molecule has 1 heterocycles. The van der Waals surface area contributed by atoms with Crippen molar-refractivity contribution >= 4 is 33.7 Å². The second kappa shape index (κ2) is 8.28. The van der Waals surface area contributed by atoms with Gasteiger partial charge in [-0.2, -0.15) is 0 Å². The summed E-state index contributed by atoms with van der Waals surface area (Å²) < 4.78 is 0.555. The third-order valence-corrected chi connectivity index (χ3v) is 4.55. The zero-order valence-electron chi connectivity index (χ0n) is 13.5. The minimum Gasteiger partial charge on any atom is -0.478 e. The molecule has 7 heteroatoms. The number of carbonyl (C=O) groups is 3. The monoisotopic (exact) mass is 396 g/mol. The minimum atomic E-state index is -1.07. The Morgan fingerprint density at radius 1 is 1.21 bits per heavy atom. The van der Waals surface area contributed by atoms with Crippen LogP contribution in [0.4, 0.5) is 0 Å². The molecule has 6 nitrogen and oxygen atoms in total. The fraction of sp³-hybridized carbons (Fsp3) is 0.471. The van der Waals surface area contributed by atoms with Crippen molar-refractivity contribution in [3.8, 4) is 0 Å². The van der Waals surface area contributed by atoms with Crippen molar-refractivity contribution in [2.75, 3.05) is 19.6 Å². The fourth-order valence-electron chi connectivity index (χ4n) is 2.76. The minimum absolute atomic E-state index is 0.0552. The number of nitrogens with one attached hydrogen (secondary N) is 1. The standard InChI is InChI=1S/C17H21BrN2O4/c1-2-5-19-15(21)11-3-6-20(7-4-11)16(22)12-8-13(17(23)24)10-14(18)9-12/h8-11H,2-7H2,1H3,(H,19,21)(H,23,24). The molecule has 1 saturated heterocycles. The van der Waals surface area contributed by atoms with Crippen LogP contribution in [0.15, 0.2) is 22.7 Å². The second-order valence-corrected chi connectivity index (χ2v) is 6.81. The van der Waals surface area contributed by atoms with E-state index in [9.17, 15) is 14.4 Å². The van der Waals surface area contributed by atoms with Gasteiger partial charge in [0.05, 0.1) is 5.56 Å². The first-order valence-electron chi connectivity index (χ1n) is 8.03. The largest absolute Gasteiger partial charge is 0.478 e. The first-order chi connectivity index (χ1) is 11.4. The van der Waals surface area contributed by atoms with Crippen LogP contribution in [-0.4, -0.2) is 47.4 Å². The Morgan fingerprint density at radius 3 is 2.42 bits per heavy atom. The number of carbonyl (C=O) groups excluding carboxylic acids is 2. The van der Waals surface area contributed by atoms with Crippen molar-refractivity contribution in [1.82, 2.24) is 10.2 Å². The summed E-state index contributed by atoms with van der Waals surface area (Å²) in [5, 5.41) is 12.0. The molecule has 0 aromatic heterocycles. The van der Waals surface area contributed by atoms with E-state index in [1.807, 2.05) is 6.92 Å². The number of piperidine rings is 1. The molecule has 0 unspecified atom stereocenters. The highest BCUT2D eigenvalue weighted by atomic mass is 79.9. The fourth-order valence-corrected chi connectivity index (χ4v) is 3.25. The van der Waals surface area contributed by atoms with Crippen LogP contribution in [0.25, 0.3) is 0 Å². The first kappa shape index (κ1) is 18.4. The number of rotatable bonds is 5. The van der Waals surface area contributed by atoms with Crippen LogP contribution in [0.1, 0.15) is 46.9 Å². The van der Waals surface area contributed by atoms with Gasteiger partial charge in [-0.1, -0.05) is 22.9 Å². The summed E-state index contributed by atoms with van der Waals surface area (Å²) in [5.74, 6) is -1.28. The van der Waals surface area contributed by atoms with Gasteiger partial charge in [0.2, 0.25) is 5.91 Å². The van der Waals surface area contributed by atoms with E-state index in [1.165, 1.54) is 12.1 Å². The lowest BCUT2D eigenvalue weighted by atomic mass is 9.95. The van der Waals surface area contributed by atoms with E-state index in [0.717, 1.165) is 6.42 Å². The number of benzene rings is 1. The first-order valence-corrected chi connectivity index (χ1v) is 8.82. The lowest BCUT2D eigenvalue weighted by Crippen LogP contribution is -2.43. The van der Waals surface area contributed by atoms with Crippen molar-refractivity contribution in [1.29, 1.82) is 0 Å². The van der Waals surface area contributed by atoms with Gasteiger partial charge in [0.15, 0.2) is 0 Å². The third kappa shape index (κ3) is 4.56. The van der Waals surface area contributed by atoms with Crippen molar-refractivity contribution in [3.05, 3.63) is 33.8 Å². The number of carboxylic acids is 1. The van der Waals surface area contributed by atoms with Gasteiger partial charge >= 0.3 is 5.97 Å². The molecule has 2 amide bonds. The second-order valence-electron chi connectivity index (χ2n) is 5.89. The molecule has 0 aliphatic carbocycles. The Labute approximate surface area is 149 Å². The number of hydrogen-bond acceptors (Lipinski definition) is 3. The molecule has 1 aromatic rings. The predicted octanol–water partition coefficient (Wildman–Crippen LogP) is 2.53. The molecular weight excluding hydrogens is 376 g/mol. The van der Waals surface area contributed by atoms with E-state index >= 15 is 0 Å². The number of halogens is 1. The maximum Gasteiger partial charge on any atom is 0.335 e. The Morgan fingerprint density at radius 2 is 1.83 bits per heavy atom. The molecule has 1 aromatic carbocycles. The number of aromatic carboxylic acids is 1. The van der Waals surface area contributed by atoms with Gasteiger partial charge in [-0.05, 0) is 37.5 Å². The molecule has 1 aliphatic heterocycles. The summed E-state index contributed by atoms with van der Waals surface area (Å²) in [6.45, 7) is 3.68. The smallest absolute Gasteiger partial charge is 0.335 e. The van der Waals surface area contributed by atoms with Crippen LogP contribution in [0, 0.1) is 5.92 Å². The van der Waals surface area contributed by atoms with Crippen molar-refractivity contribution < 1.29 is 19.5 Å². The number of likely N-dealkylation sites (tertiary alicyclic amines) is 1. The molecule has 130 valence electrons. The molecule has 1 fully saturated rings. The maximum absolute atomic E-state index is 12.6. The Balaban J connectivity index is 2.00. The molecule has 24 heavy (non-hydrogen) atoms. The summed E-state index contributed by atoms with van der Waals surface area (Å²) in [5.41, 5.74) is 0.414. The van der Waals surface area contributed by atoms with Crippen LogP contribution in [0.3, 0.4) is 0 Å². The third-order valence-electron chi connectivity index (χ3n) is 4.09. The highest BCUT2D eigenvalue weighted by Crippen LogP contribution is 2.22. The molecule has 2 N–H and O–H groups in total. The van der Waals surface area contributed by atoms with Crippen LogP contribution in [0.5, 0.6) is 0 Å². The zero-order chi connectivity index (χ0) is 17.7. The van der Waals surface area contributed by atoms with Crippen molar-refractivity contribution in [2.24, 2.45) is 5.92 Å². The quantitative estimate of drug-likeness (QED) is 0.800. The average molecular weight is 397 g/mol. The lowest BCUT2D eigenvalue weighted by molar-refractivity contribution is -0.126. The summed E-state index contributed by atoms with van der Waals surface area (Å²) >= 11 is 3.24. The molecule has 1 aliphatic rings. The van der Waals surface area contributed by atoms with E-state index in [-0.39, 0.29) is 23.3 Å². The van der Waals surface area contributed by atoms with Gasteiger partial charge in [0.1, 0.15) is 0 Å². The highest BCUT2D eigenvalue weighted by molar-refractivity contribution is 9.10. The summed E-state index contributed by atoms with van der Waals surface area (Å²) in [7, 11) is 0. The van der Waals surface area contributed by atoms with Gasteiger partial charge in [-0.3, -0.25) is 9.59 Å². The van der Waals surface area contributed by atoms with Crippen LogP contribution >= 0.6 is 15.9 Å². The Kier molecular flexibility index (Phi) is 6.36. The van der Waals surface area contributed by atoms with Crippen molar-refractivity contribution in [2.45, 2.75) is 26.2 Å². The van der Waals surface area contributed by atoms with Gasteiger partial charge in [0, 0.05) is 35.6 Å². The Bertz CT molecular complexity index is 639. The highest BCUT2D eigenvalue weighted by Gasteiger charge is 2.28. The molecule has 2 rings (SSSR count). The average Bonchev–Trinajstić information content (AvgIpc) is 2.58. The van der Waals surface area contributed by atoms with Gasteiger partial charge in [-0.15, -0.1) is 0 Å². The summed E-state index contributed by atoms with van der Waals surface area (Å²) in [6.07, 6.45) is 2.15. The number of nitrogens with zero attached hydrogens (tertiary/aromatic N) is 1.